The number of non-ortho nitro benzene ring substituents is 1. The van der Waals surface area contributed by atoms with Crippen molar-refractivity contribution in [2.75, 3.05) is 12.0 Å². The lowest BCUT2D eigenvalue weighted by Gasteiger charge is -2.39. The quantitative estimate of drug-likeness (QED) is 0.361. The molecule has 1 atom stereocenters. The molecular weight excluding hydrogens is 480 g/mol. The highest BCUT2D eigenvalue weighted by molar-refractivity contribution is 7.16. The van der Waals surface area contributed by atoms with Crippen molar-refractivity contribution in [3.05, 3.63) is 78.6 Å². The van der Waals surface area contributed by atoms with Crippen LogP contribution in [0.2, 0.25) is 0 Å². The van der Waals surface area contributed by atoms with Gasteiger partial charge in [0.2, 0.25) is 0 Å². The molecule has 184 valence electrons. The van der Waals surface area contributed by atoms with E-state index in [1.165, 1.54) is 30.6 Å². The lowest BCUT2D eigenvalue weighted by Crippen LogP contribution is -2.39. The molecule has 0 amide bonds. The molecule has 1 aromatic heterocycles. The van der Waals surface area contributed by atoms with E-state index in [9.17, 15) is 25.0 Å². The van der Waals surface area contributed by atoms with E-state index < -0.39 is 16.8 Å². The Bertz CT molecular complexity index is 1410. The van der Waals surface area contributed by atoms with Gasteiger partial charge in [0.15, 0.2) is 5.78 Å². The number of nitrogens with two attached hydrogens (primary N) is 1. The summed E-state index contributed by atoms with van der Waals surface area (Å²) in [4.78, 5) is 40.1. The zero-order valence-corrected chi connectivity index (χ0v) is 20.5. The highest BCUT2D eigenvalue weighted by Gasteiger charge is 2.43. The highest BCUT2D eigenvalue weighted by Crippen LogP contribution is 2.50. The summed E-state index contributed by atoms with van der Waals surface area (Å²) in [5, 5.41) is 22.2. The highest BCUT2D eigenvalue weighted by atomic mass is 32.1. The van der Waals surface area contributed by atoms with Gasteiger partial charge in [-0.05, 0) is 49.7 Å². The Morgan fingerprint density at radius 2 is 2.03 bits per heavy atom. The van der Waals surface area contributed by atoms with Crippen molar-refractivity contribution < 1.29 is 19.2 Å². The van der Waals surface area contributed by atoms with Crippen molar-refractivity contribution >= 4 is 33.8 Å². The largest absolute Gasteiger partial charge is 0.465 e. The van der Waals surface area contributed by atoms with Crippen LogP contribution < -0.4 is 10.6 Å². The molecule has 1 aromatic carbocycles. The molecule has 5 rings (SSSR count). The molecule has 9 nitrogen and oxygen atoms in total. The van der Waals surface area contributed by atoms with Gasteiger partial charge in [-0.1, -0.05) is 12.1 Å². The number of carbonyl (C=O) groups excluding carboxylic acids is 2. The van der Waals surface area contributed by atoms with Gasteiger partial charge in [-0.3, -0.25) is 19.8 Å². The molecule has 10 heteroatoms. The van der Waals surface area contributed by atoms with E-state index in [4.69, 9.17) is 10.5 Å². The summed E-state index contributed by atoms with van der Waals surface area (Å²) in [6.07, 6.45) is 5.00. The molecular formula is C26H24N4O5S. The molecule has 0 saturated carbocycles. The van der Waals surface area contributed by atoms with Crippen molar-refractivity contribution in [3.63, 3.8) is 0 Å². The number of ketones is 1. The molecule has 3 aliphatic rings. The van der Waals surface area contributed by atoms with Crippen LogP contribution in [0, 0.1) is 21.4 Å². The zero-order chi connectivity index (χ0) is 25.6. The number of carbonyl (C=O) groups is 2. The van der Waals surface area contributed by atoms with Crippen LogP contribution in [0.3, 0.4) is 0 Å². The number of esters is 1. The number of Topliss-reactive ketones (excluding diaryl/α,β-unsaturated/α-hetero) is 1. The van der Waals surface area contributed by atoms with E-state index in [2.05, 4.69) is 6.07 Å². The number of nitro benzene ring substituents is 1. The molecule has 2 N–H and O–H groups in total. The van der Waals surface area contributed by atoms with Gasteiger partial charge in [0, 0.05) is 34.7 Å². The number of ether oxygens (including phenoxy) is 1. The monoisotopic (exact) mass is 504 g/mol. The number of anilines is 1. The van der Waals surface area contributed by atoms with Crippen LogP contribution in [0.25, 0.3) is 0 Å². The summed E-state index contributed by atoms with van der Waals surface area (Å²) in [5.74, 6) is -1.28. The van der Waals surface area contributed by atoms with Gasteiger partial charge in [-0.15, -0.1) is 11.3 Å². The number of nitrogens with zero attached hydrogens (tertiary/aromatic N) is 3. The lowest BCUT2D eigenvalue weighted by atomic mass is 9.75. The number of rotatable bonds is 4. The maximum absolute atomic E-state index is 13.4. The average molecular weight is 505 g/mol. The fourth-order valence-electron chi connectivity index (χ4n) is 5.49. The van der Waals surface area contributed by atoms with E-state index in [1.807, 2.05) is 0 Å². The standard InChI is InChI=1S/C26H24N4O5S/c1-35-26(32)22-16-8-2-3-11-20(16)36-25(22)29-18-9-5-10-19(31)23(18)21(17(13-27)24(29)28)14-6-4-7-15(12-14)30(33)34/h4,6-7,12,21H,2-3,5,8-11,28H2,1H3/t21-/m0/s1. The molecule has 0 unspecified atom stereocenters. The Balaban J connectivity index is 1.77. The molecule has 0 radical (unpaired) electrons. The van der Waals surface area contributed by atoms with Crippen LogP contribution in [0.1, 0.15) is 64.4 Å². The first-order valence-corrected chi connectivity index (χ1v) is 12.6. The molecule has 0 spiro atoms. The van der Waals surface area contributed by atoms with Crippen molar-refractivity contribution in [1.82, 2.24) is 0 Å². The second-order valence-electron chi connectivity index (χ2n) is 9.05. The van der Waals surface area contributed by atoms with Gasteiger partial charge in [-0.25, -0.2) is 4.79 Å². The van der Waals surface area contributed by atoms with Crippen molar-refractivity contribution in [2.45, 2.75) is 50.9 Å². The van der Waals surface area contributed by atoms with Gasteiger partial charge in [0.1, 0.15) is 10.8 Å². The summed E-state index contributed by atoms with van der Waals surface area (Å²) in [6.45, 7) is 0. The molecule has 0 saturated heterocycles. The summed E-state index contributed by atoms with van der Waals surface area (Å²) in [5.41, 5.74) is 9.58. The number of methoxy groups -OCH3 is 1. The normalized spacial score (nSPS) is 19.5. The van der Waals surface area contributed by atoms with Crippen LogP contribution in [0.4, 0.5) is 10.7 Å². The molecule has 0 bridgehead atoms. The molecule has 0 fully saturated rings. The fraction of sp³-hybridized carbons (Fsp3) is 0.346. The van der Waals surface area contributed by atoms with Gasteiger partial charge >= 0.3 is 5.97 Å². The maximum atomic E-state index is 13.4. The van der Waals surface area contributed by atoms with Gasteiger partial charge in [0.25, 0.3) is 5.69 Å². The second kappa shape index (κ2) is 9.24. The number of hydrogen-bond donors (Lipinski definition) is 1. The number of benzene rings is 1. The van der Waals surface area contributed by atoms with E-state index in [0.717, 1.165) is 36.1 Å². The number of allylic oxidation sites excluding steroid dienone is 3. The smallest absolute Gasteiger partial charge is 0.341 e. The first-order valence-electron chi connectivity index (χ1n) is 11.8. The third-order valence-electron chi connectivity index (χ3n) is 7.07. The Labute approximate surface area is 211 Å². The van der Waals surface area contributed by atoms with E-state index in [1.54, 1.807) is 17.0 Å². The Hall–Kier alpha value is -3.97. The predicted molar refractivity (Wildman–Crippen MR) is 133 cm³/mol. The summed E-state index contributed by atoms with van der Waals surface area (Å²) >= 11 is 1.46. The molecule has 36 heavy (non-hydrogen) atoms. The summed E-state index contributed by atoms with van der Waals surface area (Å²) < 4.78 is 5.14. The number of nitro groups is 1. The van der Waals surface area contributed by atoms with E-state index in [0.29, 0.717) is 46.7 Å². The molecule has 1 aliphatic heterocycles. The molecule has 2 aliphatic carbocycles. The van der Waals surface area contributed by atoms with Crippen LogP contribution in [-0.4, -0.2) is 23.8 Å². The van der Waals surface area contributed by atoms with Crippen LogP contribution in [0.15, 0.2) is 46.9 Å². The van der Waals surface area contributed by atoms with Crippen LogP contribution in [-0.2, 0) is 22.4 Å². The maximum Gasteiger partial charge on any atom is 0.341 e. The number of hydrogen-bond acceptors (Lipinski definition) is 9. The lowest BCUT2D eigenvalue weighted by molar-refractivity contribution is -0.384. The summed E-state index contributed by atoms with van der Waals surface area (Å²) in [7, 11) is 1.34. The predicted octanol–water partition coefficient (Wildman–Crippen LogP) is 4.63. The van der Waals surface area contributed by atoms with Crippen LogP contribution in [0.5, 0.6) is 0 Å². The third-order valence-corrected chi connectivity index (χ3v) is 8.35. The number of aryl methyl sites for hydroxylation is 1. The number of fused-ring (bicyclic) bond motifs is 1. The third kappa shape index (κ3) is 3.67. The minimum Gasteiger partial charge on any atom is -0.465 e. The second-order valence-corrected chi connectivity index (χ2v) is 10.1. The SMILES string of the molecule is COC(=O)c1c(N2C(N)=C(C#N)[C@H](c3cccc([N+](=O)[O-])c3)C3=C2CCCC3=O)sc2c1CCCC2. The van der Waals surface area contributed by atoms with Gasteiger partial charge < -0.3 is 10.5 Å². The zero-order valence-electron chi connectivity index (χ0n) is 19.7. The van der Waals surface area contributed by atoms with E-state index >= 15 is 0 Å². The van der Waals surface area contributed by atoms with Crippen molar-refractivity contribution in [3.8, 4) is 6.07 Å². The van der Waals surface area contributed by atoms with E-state index in [-0.39, 0.29) is 22.9 Å². The minimum atomic E-state index is -0.815. The Morgan fingerprint density at radius 1 is 1.25 bits per heavy atom. The minimum absolute atomic E-state index is 0.126. The number of nitriles is 1. The van der Waals surface area contributed by atoms with Crippen molar-refractivity contribution in [1.29, 1.82) is 5.26 Å². The van der Waals surface area contributed by atoms with Crippen LogP contribution >= 0.6 is 11.3 Å². The Morgan fingerprint density at radius 3 is 2.75 bits per heavy atom. The van der Waals surface area contributed by atoms with Gasteiger partial charge in [-0.2, -0.15) is 5.26 Å². The van der Waals surface area contributed by atoms with Gasteiger partial charge in [0.05, 0.1) is 35.2 Å². The first-order chi connectivity index (χ1) is 17.4. The average Bonchev–Trinajstić information content (AvgIpc) is 3.26. The fourth-order valence-corrected chi connectivity index (χ4v) is 6.91. The summed E-state index contributed by atoms with van der Waals surface area (Å²) in [6, 6.07) is 8.15. The first kappa shape index (κ1) is 23.8. The molecule has 2 heterocycles. The topological polar surface area (TPSA) is 140 Å². The molecule has 2 aromatic rings. The Kier molecular flexibility index (Phi) is 6.10. The van der Waals surface area contributed by atoms with Crippen molar-refractivity contribution in [2.24, 2.45) is 5.73 Å². The number of thiophene rings is 1.